The lowest BCUT2D eigenvalue weighted by Gasteiger charge is -2.40. The summed E-state index contributed by atoms with van der Waals surface area (Å²) in [5.74, 6) is -0.389. The molecule has 0 spiro atoms. The van der Waals surface area contributed by atoms with Crippen molar-refractivity contribution in [2.45, 2.75) is 64.7 Å². The number of aromatic nitrogens is 4. The molecule has 5 rings (SSSR count). The van der Waals surface area contributed by atoms with Gasteiger partial charge in [-0.3, -0.25) is 14.3 Å². The zero-order valence-electron chi connectivity index (χ0n) is 23.8. The number of hydrogen-bond donors (Lipinski definition) is 3. The molecule has 0 saturated carbocycles. The molecule has 0 bridgehead atoms. The highest BCUT2D eigenvalue weighted by Crippen LogP contribution is 2.24. The van der Waals surface area contributed by atoms with E-state index in [0.29, 0.717) is 38.3 Å². The van der Waals surface area contributed by atoms with E-state index in [1.54, 1.807) is 17.1 Å². The van der Waals surface area contributed by atoms with Gasteiger partial charge >= 0.3 is 5.97 Å². The van der Waals surface area contributed by atoms with Gasteiger partial charge in [-0.25, -0.2) is 14.8 Å². The van der Waals surface area contributed by atoms with Crippen molar-refractivity contribution >= 4 is 29.4 Å². The largest absolute Gasteiger partial charge is 0.480 e. The number of likely N-dealkylation sites (tertiary alicyclic amines) is 1. The summed E-state index contributed by atoms with van der Waals surface area (Å²) >= 11 is 0. The second-order valence-corrected chi connectivity index (χ2v) is 10.5. The van der Waals surface area contributed by atoms with Crippen LogP contribution in [0.15, 0.2) is 42.9 Å². The fourth-order valence-electron chi connectivity index (χ4n) is 4.64. The molecule has 4 heterocycles. The van der Waals surface area contributed by atoms with Crippen molar-refractivity contribution in [1.29, 1.82) is 0 Å². The first-order valence-electron chi connectivity index (χ1n) is 13.7. The van der Waals surface area contributed by atoms with Crippen LogP contribution in [0.25, 0.3) is 11.3 Å². The van der Waals surface area contributed by atoms with Crippen molar-refractivity contribution in [3.8, 4) is 11.3 Å². The molecule has 41 heavy (non-hydrogen) atoms. The van der Waals surface area contributed by atoms with Crippen LogP contribution in [-0.2, 0) is 32.6 Å². The van der Waals surface area contributed by atoms with Gasteiger partial charge in [-0.2, -0.15) is 5.10 Å². The average Bonchev–Trinajstić information content (AvgIpc) is 3.53. The predicted molar refractivity (Wildman–Crippen MR) is 152 cm³/mol. The fourth-order valence-corrected chi connectivity index (χ4v) is 4.64. The van der Waals surface area contributed by atoms with E-state index >= 15 is 0 Å². The van der Waals surface area contributed by atoms with E-state index in [4.69, 9.17) is 9.84 Å². The quantitative estimate of drug-likeness (QED) is 0.357. The van der Waals surface area contributed by atoms with Crippen molar-refractivity contribution in [1.82, 2.24) is 30.0 Å². The summed E-state index contributed by atoms with van der Waals surface area (Å²) in [6, 6.07) is 7.52. The number of amides is 2. The maximum atomic E-state index is 12.5. The molecule has 12 heteroatoms. The summed E-state index contributed by atoms with van der Waals surface area (Å²) < 4.78 is 7.45. The van der Waals surface area contributed by atoms with Gasteiger partial charge in [-0.1, -0.05) is 12.1 Å². The minimum absolute atomic E-state index is 0.164. The van der Waals surface area contributed by atoms with E-state index in [9.17, 15) is 14.4 Å². The number of carbonyl (C=O) groups is 3. The average molecular weight is 564 g/mol. The van der Waals surface area contributed by atoms with Crippen molar-refractivity contribution in [3.63, 3.8) is 0 Å². The molecule has 2 amide bonds. The molecule has 2 aromatic heterocycles. The Hall–Kier alpha value is -4.32. The molecule has 2 aliphatic rings. The minimum Gasteiger partial charge on any atom is -0.480 e. The van der Waals surface area contributed by atoms with Crippen LogP contribution in [0, 0.1) is 6.92 Å². The van der Waals surface area contributed by atoms with E-state index in [1.165, 1.54) is 5.56 Å². The molecule has 1 aromatic carbocycles. The standard InChI is InChI=1S/C24H30N6O2.C5H7NO3/c1-16(2)32-21-14-30(15-21)23(31)8-7-18-5-6-19(11-17(18)3)22-9-10-25-24(28-22)27-20-12-26-29(4)13-20;7-4-2-1-3(6-4)5(8)9/h5-6,9-13,16,21H,7-8,14-15H2,1-4H3,(H,25,27,28);3H,1-2H2,(H,6,7)(H,8,9). The Bertz CT molecular complexity index is 1380. The summed E-state index contributed by atoms with van der Waals surface area (Å²) in [6.07, 6.45) is 7.75. The lowest BCUT2D eigenvalue weighted by Crippen LogP contribution is -2.55. The number of carboxylic acid groups (broad SMARTS) is 1. The number of carbonyl (C=O) groups excluding carboxylic acids is 2. The summed E-state index contributed by atoms with van der Waals surface area (Å²) in [5.41, 5.74) is 5.03. The minimum atomic E-state index is -0.944. The highest BCUT2D eigenvalue weighted by molar-refractivity contribution is 5.87. The number of rotatable bonds is 9. The zero-order chi connectivity index (χ0) is 29.5. The van der Waals surface area contributed by atoms with Gasteiger partial charge in [0.2, 0.25) is 17.8 Å². The Morgan fingerprint density at radius 1 is 1.24 bits per heavy atom. The number of nitrogens with zero attached hydrogens (tertiary/aromatic N) is 5. The molecule has 218 valence electrons. The monoisotopic (exact) mass is 563 g/mol. The topological polar surface area (TPSA) is 152 Å². The number of anilines is 2. The third-order valence-corrected chi connectivity index (χ3v) is 6.82. The Kier molecular flexibility index (Phi) is 9.66. The number of aliphatic carboxylic acids is 1. The normalized spacial score (nSPS) is 16.6. The highest BCUT2D eigenvalue weighted by Gasteiger charge is 2.31. The molecule has 0 aliphatic carbocycles. The third kappa shape index (κ3) is 8.34. The summed E-state index contributed by atoms with van der Waals surface area (Å²) in [7, 11) is 1.86. The lowest BCUT2D eigenvalue weighted by molar-refractivity contribution is -0.148. The molecular weight excluding hydrogens is 526 g/mol. The first kappa shape index (κ1) is 29.7. The number of ether oxygens (including phenoxy) is 1. The van der Waals surface area contributed by atoms with Gasteiger partial charge in [-0.15, -0.1) is 0 Å². The maximum absolute atomic E-state index is 12.5. The van der Waals surface area contributed by atoms with Crippen LogP contribution < -0.4 is 10.6 Å². The molecular formula is C29H37N7O5. The first-order chi connectivity index (χ1) is 19.6. The molecule has 12 nitrogen and oxygen atoms in total. The molecule has 2 fully saturated rings. The molecule has 2 saturated heterocycles. The number of carboxylic acids is 1. The van der Waals surface area contributed by atoms with Crippen molar-refractivity contribution in [2.75, 3.05) is 18.4 Å². The second-order valence-electron chi connectivity index (χ2n) is 10.5. The smallest absolute Gasteiger partial charge is 0.326 e. The van der Waals surface area contributed by atoms with Crippen LogP contribution in [0.3, 0.4) is 0 Å². The SMILES string of the molecule is Cc1cc(-c2ccnc(Nc3cnn(C)c3)n2)ccc1CCC(=O)N1CC(OC(C)C)C1.O=C1CCC(C(=O)O)N1. The van der Waals surface area contributed by atoms with Crippen molar-refractivity contribution in [3.05, 3.63) is 54.0 Å². The van der Waals surface area contributed by atoms with Gasteiger partial charge in [-0.05, 0) is 56.9 Å². The summed E-state index contributed by atoms with van der Waals surface area (Å²) in [5, 5.41) is 17.9. The molecule has 2 aliphatic heterocycles. The zero-order valence-corrected chi connectivity index (χ0v) is 23.8. The third-order valence-electron chi connectivity index (χ3n) is 6.82. The summed E-state index contributed by atoms with van der Waals surface area (Å²) in [6.45, 7) is 7.54. The van der Waals surface area contributed by atoms with Gasteiger partial charge in [0, 0.05) is 50.9 Å². The fraction of sp³-hybridized carbons (Fsp3) is 0.448. The van der Waals surface area contributed by atoms with Gasteiger partial charge in [0.05, 0.1) is 29.8 Å². The van der Waals surface area contributed by atoms with E-state index in [0.717, 1.165) is 28.9 Å². The van der Waals surface area contributed by atoms with E-state index in [-0.39, 0.29) is 24.0 Å². The van der Waals surface area contributed by atoms with E-state index in [2.05, 4.69) is 50.8 Å². The lowest BCUT2D eigenvalue weighted by atomic mass is 9.99. The number of nitrogens with one attached hydrogen (secondary N) is 2. The van der Waals surface area contributed by atoms with E-state index < -0.39 is 12.0 Å². The van der Waals surface area contributed by atoms with Gasteiger partial charge in [0.1, 0.15) is 6.04 Å². The van der Waals surface area contributed by atoms with Crippen LogP contribution in [0.5, 0.6) is 0 Å². The van der Waals surface area contributed by atoms with Crippen LogP contribution in [0.1, 0.15) is 44.2 Å². The molecule has 1 unspecified atom stereocenters. The summed E-state index contributed by atoms with van der Waals surface area (Å²) in [4.78, 5) is 43.8. The Morgan fingerprint density at radius 3 is 2.61 bits per heavy atom. The molecule has 3 aromatic rings. The number of aryl methyl sites for hydroxylation is 3. The molecule has 0 radical (unpaired) electrons. The Labute approximate surface area is 239 Å². The van der Waals surface area contributed by atoms with E-state index in [1.807, 2.05) is 38.1 Å². The number of hydrogen-bond acceptors (Lipinski definition) is 8. The molecule has 1 atom stereocenters. The molecule has 3 N–H and O–H groups in total. The highest BCUT2D eigenvalue weighted by atomic mass is 16.5. The van der Waals surface area contributed by atoms with Crippen LogP contribution >= 0.6 is 0 Å². The number of benzene rings is 1. The predicted octanol–water partition coefficient (Wildman–Crippen LogP) is 2.85. The maximum Gasteiger partial charge on any atom is 0.326 e. The first-order valence-corrected chi connectivity index (χ1v) is 13.7. The second kappa shape index (κ2) is 13.4. The van der Waals surface area contributed by atoms with Crippen LogP contribution in [-0.4, -0.2) is 78.9 Å². The van der Waals surface area contributed by atoms with Crippen LogP contribution in [0.4, 0.5) is 11.6 Å². The van der Waals surface area contributed by atoms with Crippen molar-refractivity contribution < 1.29 is 24.2 Å². The van der Waals surface area contributed by atoms with Crippen LogP contribution in [0.2, 0.25) is 0 Å². The van der Waals surface area contributed by atoms with Gasteiger partial charge in [0.15, 0.2) is 0 Å². The Balaban J connectivity index is 0.000000367. The van der Waals surface area contributed by atoms with Gasteiger partial charge in [0.25, 0.3) is 0 Å². The van der Waals surface area contributed by atoms with Crippen molar-refractivity contribution in [2.24, 2.45) is 7.05 Å². The Morgan fingerprint density at radius 2 is 2.02 bits per heavy atom. The van der Waals surface area contributed by atoms with Gasteiger partial charge < -0.3 is 25.4 Å².